The molecule has 94 valence electrons. The summed E-state index contributed by atoms with van der Waals surface area (Å²) in [5.41, 5.74) is 2.17. The Morgan fingerprint density at radius 3 is 2.88 bits per heavy atom. The molecule has 1 N–H and O–H groups in total. The van der Waals surface area contributed by atoms with Crippen LogP contribution in [0.15, 0.2) is 18.2 Å². The maximum atomic E-state index is 13.2. The van der Waals surface area contributed by atoms with E-state index in [9.17, 15) is 9.50 Å². The minimum atomic E-state index is -0.214. The second kappa shape index (κ2) is 5.18. The van der Waals surface area contributed by atoms with E-state index in [1.165, 1.54) is 6.07 Å². The van der Waals surface area contributed by atoms with Crippen molar-refractivity contribution in [2.45, 2.75) is 45.6 Å². The lowest BCUT2D eigenvalue weighted by molar-refractivity contribution is 0.0518. The molecule has 1 aliphatic carbocycles. The number of halogens is 1. The summed E-state index contributed by atoms with van der Waals surface area (Å²) < 4.78 is 13.2. The highest BCUT2D eigenvalue weighted by atomic mass is 19.1. The maximum absolute atomic E-state index is 13.2. The van der Waals surface area contributed by atoms with Gasteiger partial charge >= 0.3 is 0 Å². The summed E-state index contributed by atoms with van der Waals surface area (Å²) in [5, 5.41) is 10.0. The number of aliphatic hydroxyl groups is 1. The molecular weight excluding hydrogens is 215 g/mol. The number of benzene rings is 1. The molecule has 1 aromatic carbocycles. The molecule has 0 aliphatic heterocycles. The second-order valence-electron chi connectivity index (χ2n) is 5.52. The van der Waals surface area contributed by atoms with E-state index in [0.29, 0.717) is 11.8 Å². The molecule has 3 atom stereocenters. The largest absolute Gasteiger partial charge is 0.393 e. The molecule has 2 heteroatoms. The molecule has 0 bridgehead atoms. The number of rotatable bonds is 2. The smallest absolute Gasteiger partial charge is 0.123 e. The van der Waals surface area contributed by atoms with Crippen LogP contribution in [-0.2, 0) is 6.42 Å². The normalized spacial score (nSPS) is 29.3. The van der Waals surface area contributed by atoms with Crippen LogP contribution < -0.4 is 0 Å². The van der Waals surface area contributed by atoms with Gasteiger partial charge in [0.15, 0.2) is 0 Å². The van der Waals surface area contributed by atoms with Crippen LogP contribution in [0, 0.1) is 24.6 Å². The zero-order valence-corrected chi connectivity index (χ0v) is 10.6. The topological polar surface area (TPSA) is 20.2 Å². The van der Waals surface area contributed by atoms with Crippen LogP contribution in [0.2, 0.25) is 0 Å². The van der Waals surface area contributed by atoms with Gasteiger partial charge in [0.05, 0.1) is 6.10 Å². The van der Waals surface area contributed by atoms with E-state index in [-0.39, 0.29) is 11.9 Å². The van der Waals surface area contributed by atoms with Gasteiger partial charge < -0.3 is 5.11 Å². The van der Waals surface area contributed by atoms with Crippen LogP contribution in [0.25, 0.3) is 0 Å². The zero-order valence-electron chi connectivity index (χ0n) is 10.6. The predicted octanol–water partition coefficient (Wildman–Crippen LogP) is 3.47. The Hall–Kier alpha value is -0.890. The molecule has 1 nitrogen and oxygen atoms in total. The van der Waals surface area contributed by atoms with Crippen molar-refractivity contribution >= 4 is 0 Å². The molecular formula is C15H21FO. The molecule has 1 aliphatic rings. The summed E-state index contributed by atoms with van der Waals surface area (Å²) in [6.45, 7) is 4.24. The predicted molar refractivity (Wildman–Crippen MR) is 67.4 cm³/mol. The summed E-state index contributed by atoms with van der Waals surface area (Å²) in [5.74, 6) is 0.792. The van der Waals surface area contributed by atoms with Crippen LogP contribution in [0.5, 0.6) is 0 Å². The van der Waals surface area contributed by atoms with Crippen molar-refractivity contribution in [2.75, 3.05) is 0 Å². The minimum Gasteiger partial charge on any atom is -0.393 e. The number of aryl methyl sites for hydroxylation is 1. The molecule has 1 saturated carbocycles. The fourth-order valence-electron chi connectivity index (χ4n) is 2.84. The third-order valence-corrected chi connectivity index (χ3v) is 4.00. The van der Waals surface area contributed by atoms with Gasteiger partial charge in [0.1, 0.15) is 5.82 Å². The Morgan fingerprint density at radius 2 is 2.12 bits per heavy atom. The van der Waals surface area contributed by atoms with E-state index in [0.717, 1.165) is 36.8 Å². The highest BCUT2D eigenvalue weighted by Gasteiger charge is 2.27. The first-order valence-corrected chi connectivity index (χ1v) is 6.49. The number of aliphatic hydroxyl groups excluding tert-OH is 1. The highest BCUT2D eigenvalue weighted by Crippen LogP contribution is 2.32. The van der Waals surface area contributed by atoms with E-state index in [1.807, 2.05) is 13.0 Å². The Labute approximate surface area is 103 Å². The second-order valence-corrected chi connectivity index (χ2v) is 5.52. The van der Waals surface area contributed by atoms with Gasteiger partial charge in [-0.3, -0.25) is 0 Å². The fraction of sp³-hybridized carbons (Fsp3) is 0.600. The van der Waals surface area contributed by atoms with Crippen molar-refractivity contribution in [1.29, 1.82) is 0 Å². The molecule has 0 spiro atoms. The van der Waals surface area contributed by atoms with Crippen molar-refractivity contribution in [1.82, 2.24) is 0 Å². The van der Waals surface area contributed by atoms with Crippen LogP contribution >= 0.6 is 0 Å². The van der Waals surface area contributed by atoms with Gasteiger partial charge in [0.2, 0.25) is 0 Å². The summed E-state index contributed by atoms with van der Waals surface area (Å²) >= 11 is 0. The summed E-state index contributed by atoms with van der Waals surface area (Å²) in [7, 11) is 0. The highest BCUT2D eigenvalue weighted by molar-refractivity contribution is 5.27. The lowest BCUT2D eigenvalue weighted by Gasteiger charge is -2.32. The summed E-state index contributed by atoms with van der Waals surface area (Å²) in [4.78, 5) is 0. The third kappa shape index (κ3) is 3.06. The molecule has 0 amide bonds. The molecule has 17 heavy (non-hydrogen) atoms. The van der Waals surface area contributed by atoms with Crippen molar-refractivity contribution in [3.63, 3.8) is 0 Å². The van der Waals surface area contributed by atoms with E-state index in [2.05, 4.69) is 6.92 Å². The summed E-state index contributed by atoms with van der Waals surface area (Å²) in [6.07, 6.45) is 3.64. The molecule has 1 fully saturated rings. The molecule has 0 aromatic heterocycles. The van der Waals surface area contributed by atoms with Crippen LogP contribution in [0.4, 0.5) is 4.39 Å². The van der Waals surface area contributed by atoms with E-state index >= 15 is 0 Å². The molecule has 0 saturated heterocycles. The van der Waals surface area contributed by atoms with E-state index in [4.69, 9.17) is 0 Å². The first-order chi connectivity index (χ1) is 8.06. The van der Waals surface area contributed by atoms with E-state index in [1.54, 1.807) is 6.07 Å². The van der Waals surface area contributed by atoms with Crippen LogP contribution in [0.3, 0.4) is 0 Å². The van der Waals surface area contributed by atoms with Gasteiger partial charge in [-0.1, -0.05) is 13.0 Å². The van der Waals surface area contributed by atoms with Gasteiger partial charge in [-0.05, 0) is 67.7 Å². The molecule has 1 aromatic rings. The van der Waals surface area contributed by atoms with Crippen molar-refractivity contribution < 1.29 is 9.50 Å². The standard InChI is InChI=1S/C15H21FO/c1-10-3-6-15(17)13(7-10)8-12-9-14(16)5-4-11(12)2/h4-5,9-10,13,15,17H,3,6-8H2,1-2H3. The number of hydrogen-bond acceptors (Lipinski definition) is 1. The van der Waals surface area contributed by atoms with Gasteiger partial charge in [0.25, 0.3) is 0 Å². The summed E-state index contributed by atoms with van der Waals surface area (Å²) in [6, 6.07) is 4.93. The monoisotopic (exact) mass is 236 g/mol. The molecule has 2 rings (SSSR count). The van der Waals surface area contributed by atoms with E-state index < -0.39 is 0 Å². The quantitative estimate of drug-likeness (QED) is 0.833. The SMILES string of the molecule is Cc1ccc(F)cc1CC1CC(C)CCC1O. The first kappa shape index (κ1) is 12.6. The van der Waals surface area contributed by atoms with Gasteiger partial charge in [-0.15, -0.1) is 0 Å². The Morgan fingerprint density at radius 1 is 1.35 bits per heavy atom. The lowest BCUT2D eigenvalue weighted by Crippen LogP contribution is -2.29. The first-order valence-electron chi connectivity index (χ1n) is 6.49. The Bertz CT molecular complexity index is 389. The van der Waals surface area contributed by atoms with Gasteiger partial charge in [0, 0.05) is 0 Å². The minimum absolute atomic E-state index is 0.177. The lowest BCUT2D eigenvalue weighted by atomic mass is 9.77. The van der Waals surface area contributed by atoms with Crippen molar-refractivity contribution in [2.24, 2.45) is 11.8 Å². The Kier molecular flexibility index (Phi) is 3.82. The Balaban J connectivity index is 2.11. The zero-order chi connectivity index (χ0) is 12.4. The molecule has 3 unspecified atom stereocenters. The van der Waals surface area contributed by atoms with Gasteiger partial charge in [-0.2, -0.15) is 0 Å². The average molecular weight is 236 g/mol. The average Bonchev–Trinajstić information content (AvgIpc) is 2.28. The van der Waals surface area contributed by atoms with Crippen LogP contribution in [-0.4, -0.2) is 11.2 Å². The molecule has 0 heterocycles. The van der Waals surface area contributed by atoms with Crippen LogP contribution in [0.1, 0.15) is 37.3 Å². The fourth-order valence-corrected chi connectivity index (χ4v) is 2.84. The number of hydrogen-bond donors (Lipinski definition) is 1. The molecule has 0 radical (unpaired) electrons. The maximum Gasteiger partial charge on any atom is 0.123 e. The van der Waals surface area contributed by atoms with Crippen molar-refractivity contribution in [3.8, 4) is 0 Å². The third-order valence-electron chi connectivity index (χ3n) is 4.00. The van der Waals surface area contributed by atoms with Gasteiger partial charge in [-0.25, -0.2) is 4.39 Å². The van der Waals surface area contributed by atoms with Crippen molar-refractivity contribution in [3.05, 3.63) is 35.1 Å².